The summed E-state index contributed by atoms with van der Waals surface area (Å²) >= 11 is 0. The largest absolute Gasteiger partial charge is 0.490 e. The van der Waals surface area contributed by atoms with Crippen molar-refractivity contribution in [2.75, 3.05) is 32.8 Å². The first-order valence-electron chi connectivity index (χ1n) is 13.4. The van der Waals surface area contributed by atoms with Crippen molar-refractivity contribution in [1.29, 1.82) is 0 Å². The van der Waals surface area contributed by atoms with Crippen molar-refractivity contribution in [2.24, 2.45) is 0 Å². The van der Waals surface area contributed by atoms with Crippen LogP contribution in [0.5, 0.6) is 5.75 Å². The third kappa shape index (κ3) is 6.78. The monoisotopic (exact) mass is 522 g/mol. The minimum absolute atomic E-state index is 0.00258. The van der Waals surface area contributed by atoms with Gasteiger partial charge < -0.3 is 24.8 Å². The molecule has 1 aliphatic rings. The number of aliphatic hydroxyl groups is 2. The molecule has 204 valence electrons. The Hall–Kier alpha value is -3.27. The van der Waals surface area contributed by atoms with Gasteiger partial charge in [-0.15, -0.1) is 0 Å². The van der Waals surface area contributed by atoms with Gasteiger partial charge in [-0.2, -0.15) is 4.98 Å². The highest BCUT2D eigenvalue weighted by Gasteiger charge is 2.18. The third-order valence-corrected chi connectivity index (χ3v) is 6.94. The Labute approximate surface area is 223 Å². The van der Waals surface area contributed by atoms with Crippen molar-refractivity contribution >= 4 is 5.91 Å². The van der Waals surface area contributed by atoms with E-state index in [0.29, 0.717) is 23.9 Å². The Morgan fingerprint density at radius 2 is 1.84 bits per heavy atom. The molecule has 1 atom stereocenters. The zero-order valence-corrected chi connectivity index (χ0v) is 22.5. The number of hydrogen-bond donors (Lipinski definition) is 3. The summed E-state index contributed by atoms with van der Waals surface area (Å²) in [5.74, 6) is 1.15. The molecule has 1 aliphatic heterocycles. The van der Waals surface area contributed by atoms with Gasteiger partial charge >= 0.3 is 0 Å². The Balaban J connectivity index is 1.48. The van der Waals surface area contributed by atoms with Crippen LogP contribution in [0.25, 0.3) is 22.8 Å². The van der Waals surface area contributed by atoms with E-state index in [4.69, 9.17) is 19.4 Å². The van der Waals surface area contributed by atoms with Gasteiger partial charge in [-0.05, 0) is 92.2 Å². The Morgan fingerprint density at radius 3 is 2.55 bits per heavy atom. The first kappa shape index (κ1) is 27.8. The Bertz CT molecular complexity index is 1240. The number of aryl methyl sites for hydroxylation is 3. The smallest absolute Gasteiger partial charge is 0.258 e. The molecule has 2 heterocycles. The van der Waals surface area contributed by atoms with Crippen LogP contribution in [0.2, 0.25) is 0 Å². The molecule has 0 saturated carbocycles. The number of likely N-dealkylation sites (tertiary alicyclic amines) is 1. The zero-order chi connectivity index (χ0) is 27.1. The van der Waals surface area contributed by atoms with Crippen LogP contribution in [0, 0.1) is 6.92 Å². The predicted octanol–water partition coefficient (Wildman–Crippen LogP) is 3.28. The van der Waals surface area contributed by atoms with Crippen molar-refractivity contribution < 1.29 is 24.3 Å². The second kappa shape index (κ2) is 13.0. The molecule has 2 aromatic carbocycles. The van der Waals surface area contributed by atoms with E-state index in [-0.39, 0.29) is 13.2 Å². The lowest BCUT2D eigenvalue weighted by atomic mass is 10.0. The molecule has 0 spiro atoms. The lowest BCUT2D eigenvalue weighted by Gasteiger charge is -2.17. The molecule has 1 aromatic heterocycles. The Morgan fingerprint density at radius 1 is 1.11 bits per heavy atom. The number of benzene rings is 2. The fourth-order valence-electron chi connectivity index (χ4n) is 4.85. The van der Waals surface area contributed by atoms with E-state index in [1.54, 1.807) is 0 Å². The average molecular weight is 523 g/mol. The van der Waals surface area contributed by atoms with E-state index < -0.39 is 18.6 Å². The number of hydrogen-bond acceptors (Lipinski definition) is 8. The average Bonchev–Trinajstić information content (AvgIpc) is 3.63. The predicted molar refractivity (Wildman–Crippen MR) is 145 cm³/mol. The maximum Gasteiger partial charge on any atom is 0.258 e. The summed E-state index contributed by atoms with van der Waals surface area (Å²) in [4.78, 5) is 18.4. The van der Waals surface area contributed by atoms with Crippen LogP contribution in [-0.2, 0) is 24.2 Å². The highest BCUT2D eigenvalue weighted by atomic mass is 16.5. The molecule has 1 amide bonds. The number of ether oxygens (including phenoxy) is 1. The molecule has 0 radical (unpaired) electrons. The number of aliphatic hydroxyl groups excluding tert-OH is 2. The van der Waals surface area contributed by atoms with Crippen molar-refractivity contribution in [3.63, 3.8) is 0 Å². The molecule has 4 rings (SSSR count). The lowest BCUT2D eigenvalue weighted by molar-refractivity contribution is -0.124. The molecule has 0 aliphatic carbocycles. The van der Waals surface area contributed by atoms with Gasteiger partial charge in [0.2, 0.25) is 11.7 Å². The Kier molecular flexibility index (Phi) is 9.49. The number of carbonyl (C=O) groups excluding carboxylic acids is 1. The van der Waals surface area contributed by atoms with Crippen molar-refractivity contribution in [3.8, 4) is 28.6 Å². The molecular weight excluding hydrogens is 484 g/mol. The fourth-order valence-corrected chi connectivity index (χ4v) is 4.85. The van der Waals surface area contributed by atoms with Gasteiger partial charge in [-0.25, -0.2) is 0 Å². The molecular formula is C29H38N4O5. The normalized spacial score (nSPS) is 14.6. The van der Waals surface area contributed by atoms with E-state index in [1.165, 1.54) is 37.1 Å². The number of amides is 1. The molecule has 0 bridgehead atoms. The van der Waals surface area contributed by atoms with Crippen LogP contribution in [0.4, 0.5) is 0 Å². The standard InChI is InChI=1S/C29H38N4O5/c1-4-20-13-22(8-9-23(20)16-33-10-6-7-11-33)29-31-28(32-38-29)24-12-19(3)27(21(5-2)14-24)37-18-25(35)15-30-26(36)17-34/h8-9,12-14,25,34-35H,4-7,10-11,15-18H2,1-3H3,(H,30,36)/t25-/m0/s1. The number of carbonyl (C=O) groups is 1. The maximum atomic E-state index is 11.2. The second-order valence-electron chi connectivity index (χ2n) is 9.81. The third-order valence-electron chi connectivity index (χ3n) is 6.94. The molecule has 1 saturated heterocycles. The lowest BCUT2D eigenvalue weighted by Crippen LogP contribution is -2.36. The van der Waals surface area contributed by atoms with Crippen LogP contribution in [0.1, 0.15) is 48.9 Å². The van der Waals surface area contributed by atoms with Gasteiger partial charge in [0.05, 0.1) is 0 Å². The zero-order valence-electron chi connectivity index (χ0n) is 22.5. The van der Waals surface area contributed by atoms with E-state index in [1.807, 2.05) is 26.0 Å². The minimum Gasteiger partial charge on any atom is -0.490 e. The van der Waals surface area contributed by atoms with Crippen LogP contribution in [0.3, 0.4) is 0 Å². The summed E-state index contributed by atoms with van der Waals surface area (Å²) in [6, 6.07) is 10.3. The van der Waals surface area contributed by atoms with E-state index >= 15 is 0 Å². The van der Waals surface area contributed by atoms with Gasteiger partial charge in [-0.1, -0.05) is 25.1 Å². The van der Waals surface area contributed by atoms with Gasteiger partial charge in [0.25, 0.3) is 5.89 Å². The van der Waals surface area contributed by atoms with Gasteiger partial charge in [0.1, 0.15) is 25.1 Å². The van der Waals surface area contributed by atoms with Gasteiger partial charge in [0, 0.05) is 24.2 Å². The molecule has 1 fully saturated rings. The number of nitrogens with one attached hydrogen (secondary N) is 1. The topological polar surface area (TPSA) is 121 Å². The van der Waals surface area contributed by atoms with Crippen molar-refractivity contribution in [3.05, 3.63) is 52.6 Å². The summed E-state index contributed by atoms with van der Waals surface area (Å²) in [7, 11) is 0. The summed E-state index contributed by atoms with van der Waals surface area (Å²) in [6.45, 7) is 8.87. The SMILES string of the molecule is CCc1cc(-c2nc(-c3cc(C)c(OC[C@@H](O)CNC(=O)CO)c(CC)c3)no2)ccc1CN1CCCC1. The maximum absolute atomic E-state index is 11.2. The highest BCUT2D eigenvalue weighted by Crippen LogP contribution is 2.32. The first-order valence-corrected chi connectivity index (χ1v) is 13.4. The fraction of sp³-hybridized carbons (Fsp3) is 0.483. The number of rotatable bonds is 12. The van der Waals surface area contributed by atoms with E-state index in [0.717, 1.165) is 35.2 Å². The highest BCUT2D eigenvalue weighted by molar-refractivity contribution is 5.76. The van der Waals surface area contributed by atoms with Gasteiger partial charge in [-0.3, -0.25) is 9.69 Å². The summed E-state index contributed by atoms with van der Waals surface area (Å²) in [6.07, 6.45) is 3.32. The molecule has 3 N–H and O–H groups in total. The summed E-state index contributed by atoms with van der Waals surface area (Å²) in [5.41, 5.74) is 6.25. The molecule has 38 heavy (non-hydrogen) atoms. The van der Waals surface area contributed by atoms with E-state index in [9.17, 15) is 9.90 Å². The summed E-state index contributed by atoms with van der Waals surface area (Å²) < 4.78 is 11.6. The summed E-state index contributed by atoms with van der Waals surface area (Å²) in [5, 5.41) is 25.6. The van der Waals surface area contributed by atoms with E-state index in [2.05, 4.69) is 40.5 Å². The van der Waals surface area contributed by atoms with Crippen LogP contribution in [-0.4, -0.2) is 70.1 Å². The molecule has 0 unspecified atom stereocenters. The first-order chi connectivity index (χ1) is 18.4. The van der Waals surface area contributed by atoms with Crippen LogP contribution in [0.15, 0.2) is 34.9 Å². The molecule has 9 heteroatoms. The number of aromatic nitrogens is 2. The van der Waals surface area contributed by atoms with Crippen molar-refractivity contribution in [2.45, 2.75) is 59.1 Å². The van der Waals surface area contributed by atoms with Crippen LogP contribution < -0.4 is 10.1 Å². The second-order valence-corrected chi connectivity index (χ2v) is 9.81. The quantitative estimate of drug-likeness (QED) is 0.331. The number of nitrogens with zero attached hydrogens (tertiary/aromatic N) is 3. The van der Waals surface area contributed by atoms with Crippen molar-refractivity contribution in [1.82, 2.24) is 20.4 Å². The van der Waals surface area contributed by atoms with Crippen LogP contribution >= 0.6 is 0 Å². The van der Waals surface area contributed by atoms with Gasteiger partial charge in [0.15, 0.2) is 0 Å². The molecule has 3 aromatic rings. The molecule has 9 nitrogen and oxygen atoms in total. The minimum atomic E-state index is -0.899.